The predicted molar refractivity (Wildman–Crippen MR) is 132 cm³/mol. The molecule has 33 heavy (non-hydrogen) atoms. The molecule has 0 bridgehead atoms. The van der Waals surface area contributed by atoms with Crippen LogP contribution in [0.1, 0.15) is 35.2 Å². The van der Waals surface area contributed by atoms with Gasteiger partial charge in [-0.1, -0.05) is 18.2 Å². The summed E-state index contributed by atoms with van der Waals surface area (Å²) >= 11 is 1.72. The topological polar surface area (TPSA) is 103 Å². The van der Waals surface area contributed by atoms with Crippen molar-refractivity contribution in [3.8, 4) is 16.2 Å². The van der Waals surface area contributed by atoms with Gasteiger partial charge in [-0.05, 0) is 61.8 Å². The van der Waals surface area contributed by atoms with Crippen molar-refractivity contribution < 1.29 is 9.15 Å². The first-order valence-corrected chi connectivity index (χ1v) is 11.8. The van der Waals surface area contributed by atoms with Gasteiger partial charge in [0.2, 0.25) is 0 Å². The summed E-state index contributed by atoms with van der Waals surface area (Å²) in [5, 5.41) is 2.12. The van der Waals surface area contributed by atoms with Gasteiger partial charge in [0, 0.05) is 17.1 Å². The van der Waals surface area contributed by atoms with Gasteiger partial charge in [-0.25, -0.2) is 9.98 Å². The van der Waals surface area contributed by atoms with Gasteiger partial charge in [0.25, 0.3) is 0 Å². The largest absolute Gasteiger partial charge is 0.496 e. The number of guanidine groups is 1. The van der Waals surface area contributed by atoms with E-state index in [2.05, 4.69) is 20.9 Å². The molecule has 4 aromatic rings. The number of hydrogen-bond acceptors (Lipinski definition) is 6. The highest BCUT2D eigenvalue weighted by molar-refractivity contribution is 7.15. The Morgan fingerprint density at radius 1 is 1.18 bits per heavy atom. The Morgan fingerprint density at radius 2 is 2.00 bits per heavy atom. The summed E-state index contributed by atoms with van der Waals surface area (Å²) in [6.07, 6.45) is 4.49. The standard InChI is InChI=1S/C25H27N5O2S/c1-31-20-9-8-17(22-14-28-23(33-22)15-30-10-4-5-11-30)12-18(20)24(29-25(26)27)21-13-16-6-2-3-7-19(16)32-21/h2-3,6-9,12-14,24H,4-5,10-11,15H2,1H3,(H4,26,27,29). The van der Waals surface area contributed by atoms with E-state index in [0.717, 1.165) is 51.6 Å². The fourth-order valence-electron chi connectivity index (χ4n) is 4.32. The minimum absolute atomic E-state index is 0.0152. The number of hydrogen-bond donors (Lipinski definition) is 2. The van der Waals surface area contributed by atoms with E-state index in [1.54, 1.807) is 18.4 Å². The van der Waals surface area contributed by atoms with Gasteiger partial charge < -0.3 is 20.6 Å². The maximum atomic E-state index is 6.12. The summed E-state index contributed by atoms with van der Waals surface area (Å²) in [6, 6.07) is 15.3. The maximum absolute atomic E-state index is 6.12. The van der Waals surface area contributed by atoms with Gasteiger partial charge >= 0.3 is 0 Å². The van der Waals surface area contributed by atoms with Crippen LogP contribution in [0.15, 0.2) is 64.1 Å². The molecule has 1 unspecified atom stereocenters. The first-order valence-electron chi connectivity index (χ1n) is 11.0. The van der Waals surface area contributed by atoms with Crippen LogP contribution in [-0.4, -0.2) is 36.0 Å². The van der Waals surface area contributed by atoms with E-state index in [1.807, 2.05) is 48.7 Å². The van der Waals surface area contributed by atoms with E-state index in [9.17, 15) is 0 Å². The van der Waals surface area contributed by atoms with Crippen molar-refractivity contribution in [2.75, 3.05) is 20.2 Å². The fraction of sp³-hybridized carbons (Fsp3) is 0.280. The zero-order chi connectivity index (χ0) is 22.8. The fourth-order valence-corrected chi connectivity index (χ4v) is 5.28. The van der Waals surface area contributed by atoms with Gasteiger partial charge in [-0.15, -0.1) is 11.3 Å². The number of fused-ring (bicyclic) bond motifs is 1. The second kappa shape index (κ2) is 9.25. The summed E-state index contributed by atoms with van der Waals surface area (Å²) in [7, 11) is 1.64. The third-order valence-electron chi connectivity index (χ3n) is 5.91. The third-order valence-corrected chi connectivity index (χ3v) is 6.94. The molecule has 0 radical (unpaired) electrons. The molecule has 0 spiro atoms. The lowest BCUT2D eigenvalue weighted by atomic mass is 10.00. The van der Waals surface area contributed by atoms with Crippen LogP contribution in [0.2, 0.25) is 0 Å². The summed E-state index contributed by atoms with van der Waals surface area (Å²) in [6.45, 7) is 3.21. The lowest BCUT2D eigenvalue weighted by molar-refractivity contribution is 0.331. The van der Waals surface area contributed by atoms with E-state index in [4.69, 9.17) is 20.6 Å². The van der Waals surface area contributed by atoms with Crippen molar-refractivity contribution in [1.29, 1.82) is 0 Å². The molecule has 1 aliphatic heterocycles. The van der Waals surface area contributed by atoms with Gasteiger partial charge in [0.1, 0.15) is 28.1 Å². The molecule has 4 N–H and O–H groups in total. The molecular weight excluding hydrogens is 434 g/mol. The molecule has 5 rings (SSSR count). The number of likely N-dealkylation sites (tertiary alicyclic amines) is 1. The van der Waals surface area contributed by atoms with Crippen molar-refractivity contribution in [2.45, 2.75) is 25.4 Å². The van der Waals surface area contributed by atoms with Crippen molar-refractivity contribution in [3.05, 3.63) is 71.1 Å². The van der Waals surface area contributed by atoms with Crippen molar-refractivity contribution in [1.82, 2.24) is 9.88 Å². The highest BCUT2D eigenvalue weighted by atomic mass is 32.1. The quantitative estimate of drug-likeness (QED) is 0.310. The maximum Gasteiger partial charge on any atom is 0.186 e. The Labute approximate surface area is 196 Å². The van der Waals surface area contributed by atoms with Crippen molar-refractivity contribution in [2.24, 2.45) is 16.5 Å². The van der Waals surface area contributed by atoms with Crippen LogP contribution < -0.4 is 16.2 Å². The van der Waals surface area contributed by atoms with E-state index >= 15 is 0 Å². The van der Waals surface area contributed by atoms with Crippen LogP contribution in [0, 0.1) is 0 Å². The molecule has 1 fully saturated rings. The normalized spacial score (nSPS) is 15.1. The zero-order valence-corrected chi connectivity index (χ0v) is 19.3. The minimum atomic E-state index is -0.533. The number of aromatic nitrogens is 1. The van der Waals surface area contributed by atoms with Gasteiger partial charge in [-0.3, -0.25) is 4.90 Å². The smallest absolute Gasteiger partial charge is 0.186 e. The number of para-hydroxylation sites is 1. The number of nitrogens with two attached hydrogens (primary N) is 2. The Kier molecular flexibility index (Phi) is 6.02. The monoisotopic (exact) mass is 461 g/mol. The molecule has 8 heteroatoms. The molecule has 1 saturated heterocycles. The first-order chi connectivity index (χ1) is 16.1. The van der Waals surface area contributed by atoms with Gasteiger partial charge in [0.05, 0.1) is 18.5 Å². The lowest BCUT2D eigenvalue weighted by Gasteiger charge is -2.16. The Balaban J connectivity index is 1.53. The minimum Gasteiger partial charge on any atom is -0.496 e. The predicted octanol–water partition coefficient (Wildman–Crippen LogP) is 4.52. The lowest BCUT2D eigenvalue weighted by Crippen LogP contribution is -2.24. The molecule has 0 aliphatic carbocycles. The summed E-state index contributed by atoms with van der Waals surface area (Å²) in [5.74, 6) is 1.33. The third kappa shape index (κ3) is 4.58. The van der Waals surface area contributed by atoms with E-state index in [-0.39, 0.29) is 5.96 Å². The average Bonchev–Trinajstić information content (AvgIpc) is 3.58. The highest BCUT2D eigenvalue weighted by Gasteiger charge is 2.23. The molecular formula is C25H27N5O2S. The second-order valence-electron chi connectivity index (χ2n) is 8.20. The molecule has 170 valence electrons. The number of methoxy groups -OCH3 is 1. The number of furan rings is 1. The number of ether oxygens (including phenoxy) is 1. The van der Waals surface area contributed by atoms with Gasteiger partial charge in [-0.2, -0.15) is 0 Å². The molecule has 7 nitrogen and oxygen atoms in total. The second-order valence-corrected chi connectivity index (χ2v) is 9.32. The van der Waals surface area contributed by atoms with Crippen LogP contribution in [0.25, 0.3) is 21.4 Å². The summed E-state index contributed by atoms with van der Waals surface area (Å²) < 4.78 is 11.8. The van der Waals surface area contributed by atoms with Crippen LogP contribution in [0.4, 0.5) is 0 Å². The zero-order valence-electron chi connectivity index (χ0n) is 18.5. The number of nitrogens with zero attached hydrogens (tertiary/aromatic N) is 3. The van der Waals surface area contributed by atoms with Crippen LogP contribution in [0.5, 0.6) is 5.75 Å². The molecule has 3 heterocycles. The molecule has 1 atom stereocenters. The van der Waals surface area contributed by atoms with Crippen LogP contribution in [0.3, 0.4) is 0 Å². The number of aliphatic imine (C=N–C) groups is 1. The molecule has 2 aromatic heterocycles. The van der Waals surface area contributed by atoms with Crippen molar-refractivity contribution in [3.63, 3.8) is 0 Å². The Hall–Kier alpha value is -3.36. The molecule has 2 aromatic carbocycles. The highest BCUT2D eigenvalue weighted by Crippen LogP contribution is 2.39. The Bertz CT molecular complexity index is 1250. The average molecular weight is 462 g/mol. The van der Waals surface area contributed by atoms with E-state index in [0.29, 0.717) is 11.5 Å². The van der Waals surface area contributed by atoms with Crippen LogP contribution >= 0.6 is 11.3 Å². The first kappa shape index (κ1) is 21.5. The Morgan fingerprint density at radius 3 is 2.76 bits per heavy atom. The molecule has 0 amide bonds. The summed E-state index contributed by atoms with van der Waals surface area (Å²) in [5.41, 5.74) is 14.3. The van der Waals surface area contributed by atoms with E-state index < -0.39 is 6.04 Å². The number of benzene rings is 2. The summed E-state index contributed by atoms with van der Waals surface area (Å²) in [4.78, 5) is 12.7. The molecule has 1 aliphatic rings. The SMILES string of the molecule is COc1ccc(-c2cnc(CN3CCCC3)s2)cc1C(N=C(N)N)c1cc2ccccc2o1. The van der Waals surface area contributed by atoms with Crippen LogP contribution in [-0.2, 0) is 6.54 Å². The van der Waals surface area contributed by atoms with Gasteiger partial charge in [0.15, 0.2) is 5.96 Å². The number of rotatable bonds is 7. The number of thiazole rings is 1. The molecule has 0 saturated carbocycles. The van der Waals surface area contributed by atoms with Crippen molar-refractivity contribution >= 4 is 28.3 Å². The van der Waals surface area contributed by atoms with E-state index in [1.165, 1.54) is 12.8 Å².